The van der Waals surface area contributed by atoms with Gasteiger partial charge in [0.25, 0.3) is 0 Å². The molecule has 40 heavy (non-hydrogen) atoms. The Morgan fingerprint density at radius 3 is 2.62 bits per heavy atom. The molecule has 2 aromatic rings. The highest BCUT2D eigenvalue weighted by Gasteiger charge is 2.80. The van der Waals surface area contributed by atoms with Gasteiger partial charge in [-0.3, -0.25) is 4.79 Å². The van der Waals surface area contributed by atoms with Gasteiger partial charge in [-0.1, -0.05) is 31.6 Å². The molecule has 1 aromatic heterocycles. The van der Waals surface area contributed by atoms with Crippen molar-refractivity contribution in [2.75, 3.05) is 6.61 Å². The van der Waals surface area contributed by atoms with Crippen molar-refractivity contribution in [3.8, 4) is 5.69 Å². The monoisotopic (exact) mass is 568 g/mol. The molecule has 3 saturated carbocycles. The molecule has 4 fully saturated rings. The molecule has 2 N–H and O–H groups in total. The number of rotatable bonds is 3. The number of hydrogen-bond acceptors (Lipinski definition) is 6. The molecule has 9 atom stereocenters. The van der Waals surface area contributed by atoms with Crippen molar-refractivity contribution in [3.63, 3.8) is 0 Å². The van der Waals surface area contributed by atoms with Crippen LogP contribution in [0.1, 0.15) is 64.6 Å². The minimum Gasteiger partial charge on any atom is -0.390 e. The van der Waals surface area contributed by atoms with Crippen LogP contribution in [0.5, 0.6) is 0 Å². The van der Waals surface area contributed by atoms with E-state index in [1.807, 2.05) is 49.0 Å². The van der Waals surface area contributed by atoms with Gasteiger partial charge in [-0.15, -0.1) is 9.24 Å². The van der Waals surface area contributed by atoms with E-state index in [2.05, 4.69) is 20.4 Å². The summed E-state index contributed by atoms with van der Waals surface area (Å²) < 4.78 is 32.6. The number of Topliss-reactive ketones (excluding diaryl/α,β-unsaturated/α-hetero) is 1. The van der Waals surface area contributed by atoms with Gasteiger partial charge < -0.3 is 19.7 Å². The van der Waals surface area contributed by atoms with Crippen molar-refractivity contribution >= 4 is 26.4 Å². The zero-order chi connectivity index (χ0) is 28.5. The number of benzene rings is 1. The zero-order valence-corrected chi connectivity index (χ0v) is 24.6. The van der Waals surface area contributed by atoms with Crippen LogP contribution in [0, 0.1) is 22.7 Å². The Balaban J connectivity index is 1.30. The number of aliphatic hydroxyl groups excluding tert-OH is 2. The molecule has 1 unspecified atom stereocenters. The molecule has 0 spiro atoms. The summed E-state index contributed by atoms with van der Waals surface area (Å²) >= 11 is 0. The number of nitrogens with zero attached hydrogens (tertiary/aromatic N) is 2. The molecule has 1 saturated heterocycles. The fraction of sp³-hybridized carbons (Fsp3) is 0.613. The number of fused-ring (bicyclic) bond motifs is 8. The largest absolute Gasteiger partial charge is 0.390 e. The third-order valence-corrected chi connectivity index (χ3v) is 11.6. The molecule has 2 heterocycles. The number of allylic oxidation sites excluding steroid dienone is 1. The summed E-state index contributed by atoms with van der Waals surface area (Å²) in [7, 11) is 2.69. The second-order valence-corrected chi connectivity index (χ2v) is 14.2. The second-order valence-electron chi connectivity index (χ2n) is 13.6. The predicted octanol–water partition coefficient (Wildman–Crippen LogP) is 3.68. The molecule has 0 radical (unpaired) electrons. The first-order valence-electron chi connectivity index (χ1n) is 14.3. The van der Waals surface area contributed by atoms with Crippen LogP contribution < -0.4 is 5.30 Å². The Morgan fingerprint density at radius 1 is 1.20 bits per heavy atom. The van der Waals surface area contributed by atoms with Crippen LogP contribution in [-0.2, 0) is 20.7 Å². The first kappa shape index (κ1) is 26.9. The quantitative estimate of drug-likeness (QED) is 0.549. The Labute approximate surface area is 236 Å². The first-order valence-corrected chi connectivity index (χ1v) is 14.9. The van der Waals surface area contributed by atoms with E-state index in [0.29, 0.717) is 25.7 Å². The van der Waals surface area contributed by atoms with Gasteiger partial charge in [0.05, 0.1) is 29.8 Å². The van der Waals surface area contributed by atoms with Gasteiger partial charge in [0.2, 0.25) is 0 Å². The number of aliphatic hydroxyl groups is 2. The molecule has 7 nitrogen and oxygen atoms in total. The SMILES string of the molecule is CC1(C)O[C@@H]2C[C@H]3[C@@H]4CCC5=Cc6c(cnn6-c6ccc(P)cc6)C[C@]5(C)[C@@]4(F)[C@@H](O)C[C@]3(C)[C@]2(C(=O)CO)O1. The number of aromatic nitrogens is 2. The Kier molecular flexibility index (Phi) is 5.60. The molecule has 214 valence electrons. The number of carbonyl (C=O) groups excluding carboxylic acids is 1. The van der Waals surface area contributed by atoms with Crippen molar-refractivity contribution in [2.24, 2.45) is 22.7 Å². The minimum absolute atomic E-state index is 0.0582. The third-order valence-electron chi connectivity index (χ3n) is 11.3. The van der Waals surface area contributed by atoms with Gasteiger partial charge in [0, 0.05) is 16.7 Å². The lowest BCUT2D eigenvalue weighted by Gasteiger charge is -2.63. The number of carbonyl (C=O) groups is 1. The highest BCUT2D eigenvalue weighted by molar-refractivity contribution is 7.27. The summed E-state index contributed by atoms with van der Waals surface area (Å²) in [6.07, 6.45) is 4.21. The highest BCUT2D eigenvalue weighted by Crippen LogP contribution is 2.72. The number of hydrogen-bond donors (Lipinski definition) is 2. The van der Waals surface area contributed by atoms with Crippen LogP contribution in [0.4, 0.5) is 4.39 Å². The van der Waals surface area contributed by atoms with E-state index in [1.54, 1.807) is 13.8 Å². The molecule has 9 heteroatoms. The Hall–Kier alpha value is -1.96. The smallest absolute Gasteiger partial charge is 0.193 e. The topological polar surface area (TPSA) is 93.8 Å². The zero-order valence-electron chi connectivity index (χ0n) is 23.5. The maximum absolute atomic E-state index is 18.0. The average Bonchev–Trinajstić information content (AvgIpc) is 3.50. The van der Waals surface area contributed by atoms with Gasteiger partial charge in [0.1, 0.15) is 12.3 Å². The molecule has 7 rings (SSSR count). The van der Waals surface area contributed by atoms with E-state index < -0.39 is 58.4 Å². The van der Waals surface area contributed by atoms with Gasteiger partial charge in [-0.25, -0.2) is 9.07 Å². The predicted molar refractivity (Wildman–Crippen MR) is 151 cm³/mol. The number of halogens is 1. The molecule has 1 aromatic carbocycles. The van der Waals surface area contributed by atoms with Crippen LogP contribution in [0.2, 0.25) is 0 Å². The highest BCUT2D eigenvalue weighted by atomic mass is 31.0. The van der Waals surface area contributed by atoms with Crippen molar-refractivity contribution in [3.05, 3.63) is 47.3 Å². The number of ketones is 1. The Bertz CT molecular complexity index is 1440. The van der Waals surface area contributed by atoms with Crippen molar-refractivity contribution in [1.82, 2.24) is 9.78 Å². The standard InChI is InChI=1S/C31H38FN2O5P/c1-27(2)38-26-12-22-21-10-5-18-11-23-17(15-33-34(23)19-6-8-20(40)9-7-19)13-28(18,3)30(21,32)24(36)14-29(22,4)31(26,39-27)25(37)16-35/h6-9,11,15,21-22,24,26,35-36H,5,10,12-14,16,40H2,1-4H3/t21-,22-,24-,26+,28-,29-,30-,31+/m0/s1. The molecular formula is C31H38FN2O5P. The van der Waals surface area contributed by atoms with Crippen LogP contribution in [-0.4, -0.2) is 61.6 Å². The van der Waals surface area contributed by atoms with Gasteiger partial charge in [-0.05, 0) is 80.9 Å². The fourth-order valence-electron chi connectivity index (χ4n) is 9.59. The molecular weight excluding hydrogens is 530 g/mol. The summed E-state index contributed by atoms with van der Waals surface area (Å²) in [6.45, 7) is 6.75. The van der Waals surface area contributed by atoms with Crippen molar-refractivity contribution in [1.29, 1.82) is 0 Å². The van der Waals surface area contributed by atoms with E-state index in [-0.39, 0.29) is 12.3 Å². The lowest BCUT2D eigenvalue weighted by atomic mass is 9.43. The summed E-state index contributed by atoms with van der Waals surface area (Å²) in [5, 5.41) is 27.6. The maximum Gasteiger partial charge on any atom is 0.193 e. The van der Waals surface area contributed by atoms with Crippen molar-refractivity contribution < 1.29 is 28.9 Å². The summed E-state index contributed by atoms with van der Waals surface area (Å²) in [6, 6.07) is 8.08. The normalized spacial score (nSPS) is 42.8. The van der Waals surface area contributed by atoms with E-state index >= 15 is 4.39 Å². The average molecular weight is 569 g/mol. The maximum atomic E-state index is 18.0. The minimum atomic E-state index is -1.90. The van der Waals surface area contributed by atoms with Gasteiger partial charge in [-0.2, -0.15) is 5.10 Å². The van der Waals surface area contributed by atoms with Crippen molar-refractivity contribution in [2.45, 2.75) is 89.1 Å². The van der Waals surface area contributed by atoms with Crippen LogP contribution >= 0.6 is 9.24 Å². The molecule has 0 amide bonds. The summed E-state index contributed by atoms with van der Waals surface area (Å²) in [5.41, 5.74) is -1.24. The summed E-state index contributed by atoms with van der Waals surface area (Å²) in [4.78, 5) is 13.4. The van der Waals surface area contributed by atoms with E-state index in [1.165, 1.54) is 0 Å². The lowest BCUT2D eigenvalue weighted by Crippen LogP contribution is -2.70. The van der Waals surface area contributed by atoms with Crippen LogP contribution in [0.3, 0.4) is 0 Å². The second kappa shape index (κ2) is 8.32. The van der Waals surface area contributed by atoms with Gasteiger partial charge >= 0.3 is 0 Å². The van der Waals surface area contributed by atoms with E-state index in [4.69, 9.17) is 9.47 Å². The van der Waals surface area contributed by atoms with Crippen LogP contribution in [0.25, 0.3) is 11.8 Å². The van der Waals surface area contributed by atoms with Gasteiger partial charge in [0.15, 0.2) is 17.2 Å². The first-order chi connectivity index (χ1) is 18.8. The van der Waals surface area contributed by atoms with E-state index in [0.717, 1.165) is 27.8 Å². The summed E-state index contributed by atoms with van der Waals surface area (Å²) in [5.74, 6) is -2.19. The van der Waals surface area contributed by atoms with E-state index in [9.17, 15) is 15.0 Å². The Morgan fingerprint density at radius 2 is 1.93 bits per heavy atom. The fourth-order valence-corrected chi connectivity index (χ4v) is 9.78. The molecule has 4 aliphatic carbocycles. The number of ether oxygens (including phenoxy) is 2. The molecule has 0 bridgehead atoms. The number of alkyl halides is 1. The molecule has 5 aliphatic rings. The molecule has 1 aliphatic heterocycles. The lowest BCUT2D eigenvalue weighted by molar-refractivity contribution is -0.250. The third kappa shape index (κ3) is 3.12. The van der Waals surface area contributed by atoms with Crippen LogP contribution in [0.15, 0.2) is 36.0 Å².